The summed E-state index contributed by atoms with van der Waals surface area (Å²) in [5.41, 5.74) is 2.74. The number of rotatable bonds is 4. The van der Waals surface area contributed by atoms with Gasteiger partial charge in [0.15, 0.2) is 5.69 Å². The quantitative estimate of drug-likeness (QED) is 0.763. The Morgan fingerprint density at radius 3 is 2.67 bits per heavy atom. The SMILES string of the molecule is Cc1nn(C(C)C)c(C)c1NC(=O)c1nc(-c2cccs2)oc1C. The number of amides is 1. The van der Waals surface area contributed by atoms with Gasteiger partial charge in [0.05, 0.1) is 22.0 Å². The molecule has 3 heterocycles. The Bertz CT molecular complexity index is 875. The van der Waals surface area contributed by atoms with Gasteiger partial charge in [0.25, 0.3) is 5.91 Å². The fourth-order valence-electron chi connectivity index (χ4n) is 2.63. The fourth-order valence-corrected chi connectivity index (χ4v) is 3.28. The number of nitrogens with one attached hydrogen (secondary N) is 1. The average Bonchev–Trinajstić information content (AvgIpc) is 3.22. The van der Waals surface area contributed by atoms with Crippen molar-refractivity contribution in [2.24, 2.45) is 0 Å². The number of aromatic nitrogens is 3. The molecule has 3 aromatic heterocycles. The van der Waals surface area contributed by atoms with E-state index < -0.39 is 0 Å². The highest BCUT2D eigenvalue weighted by atomic mass is 32.1. The lowest BCUT2D eigenvalue weighted by Crippen LogP contribution is -2.15. The van der Waals surface area contributed by atoms with E-state index in [1.54, 1.807) is 6.92 Å². The third-order valence-electron chi connectivity index (χ3n) is 3.80. The maximum atomic E-state index is 12.6. The van der Waals surface area contributed by atoms with E-state index in [2.05, 4.69) is 29.2 Å². The van der Waals surface area contributed by atoms with E-state index in [1.807, 2.05) is 36.0 Å². The van der Waals surface area contributed by atoms with Gasteiger partial charge in [0, 0.05) is 6.04 Å². The summed E-state index contributed by atoms with van der Waals surface area (Å²) < 4.78 is 7.54. The van der Waals surface area contributed by atoms with Gasteiger partial charge in [0.1, 0.15) is 5.76 Å². The molecular formula is C17H20N4O2S. The molecular weight excluding hydrogens is 324 g/mol. The van der Waals surface area contributed by atoms with E-state index in [4.69, 9.17) is 4.42 Å². The van der Waals surface area contributed by atoms with Crippen LogP contribution >= 0.6 is 11.3 Å². The Hall–Kier alpha value is -2.41. The molecule has 126 valence electrons. The van der Waals surface area contributed by atoms with Crippen LogP contribution in [0, 0.1) is 20.8 Å². The van der Waals surface area contributed by atoms with Crippen LogP contribution in [0.15, 0.2) is 21.9 Å². The molecule has 0 aromatic carbocycles. The third kappa shape index (κ3) is 2.87. The van der Waals surface area contributed by atoms with Gasteiger partial charge >= 0.3 is 0 Å². The smallest absolute Gasteiger partial charge is 0.278 e. The molecule has 0 bridgehead atoms. The normalized spacial score (nSPS) is 11.2. The zero-order chi connectivity index (χ0) is 17.4. The number of anilines is 1. The highest BCUT2D eigenvalue weighted by Gasteiger charge is 2.22. The summed E-state index contributed by atoms with van der Waals surface area (Å²) in [6.45, 7) is 9.69. The van der Waals surface area contributed by atoms with E-state index in [-0.39, 0.29) is 11.9 Å². The van der Waals surface area contributed by atoms with Crippen molar-refractivity contribution in [1.29, 1.82) is 0 Å². The van der Waals surface area contributed by atoms with Crippen LogP contribution in [0.5, 0.6) is 0 Å². The molecule has 0 aliphatic heterocycles. The number of nitrogens with zero attached hydrogens (tertiary/aromatic N) is 3. The van der Waals surface area contributed by atoms with Crippen LogP contribution in [0.25, 0.3) is 10.8 Å². The Morgan fingerprint density at radius 1 is 1.33 bits per heavy atom. The summed E-state index contributed by atoms with van der Waals surface area (Å²) in [5, 5.41) is 9.36. The molecule has 0 saturated heterocycles. The summed E-state index contributed by atoms with van der Waals surface area (Å²) in [6, 6.07) is 4.07. The number of carbonyl (C=O) groups excluding carboxylic acids is 1. The van der Waals surface area contributed by atoms with E-state index in [9.17, 15) is 4.79 Å². The second kappa shape index (κ2) is 6.24. The third-order valence-corrected chi connectivity index (χ3v) is 4.65. The molecule has 24 heavy (non-hydrogen) atoms. The van der Waals surface area contributed by atoms with Gasteiger partial charge < -0.3 is 9.73 Å². The van der Waals surface area contributed by atoms with E-state index in [0.717, 1.165) is 22.0 Å². The molecule has 0 aliphatic carbocycles. The monoisotopic (exact) mass is 344 g/mol. The molecule has 0 atom stereocenters. The number of hydrogen-bond donors (Lipinski definition) is 1. The number of oxazole rings is 1. The zero-order valence-electron chi connectivity index (χ0n) is 14.4. The van der Waals surface area contributed by atoms with Crippen LogP contribution in [0.1, 0.15) is 47.5 Å². The van der Waals surface area contributed by atoms with Crippen molar-refractivity contribution in [2.45, 2.75) is 40.7 Å². The number of hydrogen-bond acceptors (Lipinski definition) is 5. The summed E-state index contributed by atoms with van der Waals surface area (Å²) in [6.07, 6.45) is 0. The predicted octanol–water partition coefficient (Wildman–Crippen LogP) is 4.36. The molecule has 0 fully saturated rings. The first-order valence-electron chi connectivity index (χ1n) is 7.76. The molecule has 0 spiro atoms. The summed E-state index contributed by atoms with van der Waals surface area (Å²) in [5.74, 6) is 0.690. The lowest BCUT2D eigenvalue weighted by Gasteiger charge is -2.09. The molecule has 1 amide bonds. The van der Waals surface area contributed by atoms with Crippen molar-refractivity contribution >= 4 is 22.9 Å². The van der Waals surface area contributed by atoms with E-state index in [0.29, 0.717) is 17.3 Å². The summed E-state index contributed by atoms with van der Waals surface area (Å²) in [7, 11) is 0. The van der Waals surface area contributed by atoms with Crippen molar-refractivity contribution in [1.82, 2.24) is 14.8 Å². The molecule has 3 aromatic rings. The van der Waals surface area contributed by atoms with Gasteiger partial charge in [-0.25, -0.2) is 4.98 Å². The zero-order valence-corrected chi connectivity index (χ0v) is 15.2. The van der Waals surface area contributed by atoms with Crippen molar-refractivity contribution in [2.75, 3.05) is 5.32 Å². The maximum Gasteiger partial charge on any atom is 0.278 e. The molecule has 0 radical (unpaired) electrons. The summed E-state index contributed by atoms with van der Waals surface area (Å²) in [4.78, 5) is 17.9. The minimum atomic E-state index is -0.284. The molecule has 3 rings (SSSR count). The second-order valence-corrected chi connectivity index (χ2v) is 6.89. The first-order valence-corrected chi connectivity index (χ1v) is 8.64. The van der Waals surface area contributed by atoms with Gasteiger partial charge in [-0.05, 0) is 46.1 Å². The molecule has 7 heteroatoms. The van der Waals surface area contributed by atoms with Gasteiger partial charge in [-0.1, -0.05) is 6.07 Å². The highest BCUT2D eigenvalue weighted by Crippen LogP contribution is 2.27. The Kier molecular flexibility index (Phi) is 4.28. The first kappa shape index (κ1) is 16.4. The molecule has 6 nitrogen and oxygen atoms in total. The van der Waals surface area contributed by atoms with E-state index in [1.165, 1.54) is 11.3 Å². The largest absolute Gasteiger partial charge is 0.440 e. The molecule has 0 aliphatic rings. The fraction of sp³-hybridized carbons (Fsp3) is 0.353. The predicted molar refractivity (Wildman–Crippen MR) is 94.6 cm³/mol. The highest BCUT2D eigenvalue weighted by molar-refractivity contribution is 7.13. The summed E-state index contributed by atoms with van der Waals surface area (Å²) >= 11 is 1.52. The van der Waals surface area contributed by atoms with Gasteiger partial charge in [-0.15, -0.1) is 11.3 Å². The average molecular weight is 344 g/mol. The van der Waals surface area contributed by atoms with Gasteiger partial charge in [0.2, 0.25) is 5.89 Å². The second-order valence-electron chi connectivity index (χ2n) is 5.94. The van der Waals surface area contributed by atoms with Crippen LogP contribution < -0.4 is 5.32 Å². The lowest BCUT2D eigenvalue weighted by molar-refractivity contribution is 0.102. The van der Waals surface area contributed by atoms with Crippen LogP contribution in [-0.2, 0) is 0 Å². The Morgan fingerprint density at radius 2 is 2.08 bits per heavy atom. The van der Waals surface area contributed by atoms with Crippen molar-refractivity contribution < 1.29 is 9.21 Å². The topological polar surface area (TPSA) is 73.0 Å². The van der Waals surface area contributed by atoms with Crippen LogP contribution in [-0.4, -0.2) is 20.7 Å². The van der Waals surface area contributed by atoms with Gasteiger partial charge in [-0.2, -0.15) is 5.10 Å². The maximum absolute atomic E-state index is 12.6. The standard InChI is InChI=1S/C17H20N4O2S/c1-9(2)21-11(4)14(10(3)20-21)18-16(22)15-12(5)23-17(19-15)13-7-6-8-24-13/h6-9H,1-5H3,(H,18,22). The minimum absolute atomic E-state index is 0.230. The molecule has 1 N–H and O–H groups in total. The van der Waals surface area contributed by atoms with Gasteiger partial charge in [-0.3, -0.25) is 9.48 Å². The Balaban J connectivity index is 1.89. The minimum Gasteiger partial charge on any atom is -0.440 e. The number of aryl methyl sites for hydroxylation is 2. The molecule has 0 saturated carbocycles. The lowest BCUT2D eigenvalue weighted by atomic mass is 10.2. The van der Waals surface area contributed by atoms with E-state index >= 15 is 0 Å². The molecule has 0 unspecified atom stereocenters. The van der Waals surface area contributed by atoms with Crippen LogP contribution in [0.3, 0.4) is 0 Å². The van der Waals surface area contributed by atoms with Crippen molar-refractivity contribution in [3.63, 3.8) is 0 Å². The van der Waals surface area contributed by atoms with Crippen molar-refractivity contribution in [3.8, 4) is 10.8 Å². The number of thiophene rings is 1. The van der Waals surface area contributed by atoms with Crippen LogP contribution in [0.2, 0.25) is 0 Å². The van der Waals surface area contributed by atoms with Crippen LogP contribution in [0.4, 0.5) is 5.69 Å². The van der Waals surface area contributed by atoms with Crippen molar-refractivity contribution in [3.05, 3.63) is 40.4 Å². The Labute approximate surface area is 144 Å². The number of carbonyl (C=O) groups is 1. The first-order chi connectivity index (χ1) is 11.4.